The van der Waals surface area contributed by atoms with Gasteiger partial charge in [0, 0.05) is 19.5 Å². The third-order valence-electron chi connectivity index (χ3n) is 6.15. The molecule has 1 N–H and O–H groups in total. The first-order chi connectivity index (χ1) is 17.8. The van der Waals surface area contributed by atoms with E-state index < -0.39 is 6.04 Å². The molecular formula is C31H37BrN2O3. The number of nitrogens with one attached hydrogen (secondary N) is 1. The second kappa shape index (κ2) is 14.0. The number of carbonyl (C=O) groups is 2. The van der Waals surface area contributed by atoms with Crippen LogP contribution >= 0.6 is 15.9 Å². The Bertz CT molecular complexity index is 1180. The minimum atomic E-state index is -0.677. The molecule has 0 aliphatic rings. The standard InChI is InChI=1S/C31H37BrN2O3/c1-5-24-14-15-29(27(32)17-24)37-21-30(35)34(20-26-13-9-10-23(4)16-26)28(31(36)33-19-22(2)3)18-25-11-7-6-8-12-25/h6-17,22,28H,5,18-21H2,1-4H3,(H,33,36). The van der Waals surface area contributed by atoms with Crippen molar-refractivity contribution in [3.63, 3.8) is 0 Å². The Morgan fingerprint density at radius 2 is 1.68 bits per heavy atom. The molecule has 0 aliphatic carbocycles. The molecule has 3 aromatic rings. The Kier molecular flexibility index (Phi) is 10.8. The quantitative estimate of drug-likeness (QED) is 0.288. The van der Waals surface area contributed by atoms with Crippen molar-refractivity contribution in [1.29, 1.82) is 0 Å². The van der Waals surface area contributed by atoms with E-state index in [2.05, 4.69) is 42.0 Å². The van der Waals surface area contributed by atoms with Crippen LogP contribution in [0.2, 0.25) is 0 Å². The molecule has 6 heteroatoms. The van der Waals surface area contributed by atoms with Crippen LogP contribution in [-0.2, 0) is 29.0 Å². The van der Waals surface area contributed by atoms with Gasteiger partial charge in [-0.1, -0.05) is 87.0 Å². The summed E-state index contributed by atoms with van der Waals surface area (Å²) in [4.78, 5) is 28.9. The largest absolute Gasteiger partial charge is 0.483 e. The van der Waals surface area contributed by atoms with Gasteiger partial charge in [0.25, 0.3) is 5.91 Å². The lowest BCUT2D eigenvalue weighted by Crippen LogP contribution is -2.52. The summed E-state index contributed by atoms with van der Waals surface area (Å²) in [6.45, 7) is 8.91. The number of hydrogen-bond acceptors (Lipinski definition) is 3. The van der Waals surface area contributed by atoms with E-state index in [-0.39, 0.29) is 18.4 Å². The Hall–Kier alpha value is -3.12. The first-order valence-electron chi connectivity index (χ1n) is 12.8. The Balaban J connectivity index is 1.90. The number of ether oxygens (including phenoxy) is 1. The number of nitrogens with zero attached hydrogens (tertiary/aromatic N) is 1. The van der Waals surface area contributed by atoms with Crippen LogP contribution in [0.3, 0.4) is 0 Å². The molecule has 196 valence electrons. The first-order valence-corrected chi connectivity index (χ1v) is 13.6. The third kappa shape index (κ3) is 8.74. The van der Waals surface area contributed by atoms with E-state index in [0.29, 0.717) is 31.2 Å². The van der Waals surface area contributed by atoms with Gasteiger partial charge in [0.2, 0.25) is 5.91 Å². The Morgan fingerprint density at radius 1 is 0.946 bits per heavy atom. The highest BCUT2D eigenvalue weighted by Crippen LogP contribution is 2.26. The van der Waals surface area contributed by atoms with Crippen LogP contribution in [-0.4, -0.2) is 35.9 Å². The highest BCUT2D eigenvalue weighted by atomic mass is 79.9. The monoisotopic (exact) mass is 564 g/mol. The van der Waals surface area contributed by atoms with Crippen LogP contribution in [0, 0.1) is 12.8 Å². The maximum Gasteiger partial charge on any atom is 0.261 e. The Morgan fingerprint density at radius 3 is 2.32 bits per heavy atom. The summed E-state index contributed by atoms with van der Waals surface area (Å²) in [6.07, 6.45) is 1.33. The molecule has 37 heavy (non-hydrogen) atoms. The summed E-state index contributed by atoms with van der Waals surface area (Å²) < 4.78 is 6.75. The number of amides is 2. The van der Waals surface area contributed by atoms with E-state index in [1.807, 2.05) is 79.7 Å². The molecular weight excluding hydrogens is 528 g/mol. The van der Waals surface area contributed by atoms with Crippen molar-refractivity contribution in [2.45, 2.75) is 53.1 Å². The summed E-state index contributed by atoms with van der Waals surface area (Å²) in [5.41, 5.74) is 4.24. The molecule has 0 bridgehead atoms. The molecule has 0 saturated heterocycles. The predicted molar refractivity (Wildman–Crippen MR) is 153 cm³/mol. The van der Waals surface area contributed by atoms with Crippen molar-refractivity contribution in [1.82, 2.24) is 10.2 Å². The van der Waals surface area contributed by atoms with Crippen molar-refractivity contribution in [3.8, 4) is 5.75 Å². The van der Waals surface area contributed by atoms with Crippen molar-refractivity contribution in [2.24, 2.45) is 5.92 Å². The number of hydrogen-bond donors (Lipinski definition) is 1. The summed E-state index contributed by atoms with van der Waals surface area (Å²) >= 11 is 3.55. The zero-order valence-electron chi connectivity index (χ0n) is 22.2. The van der Waals surface area contributed by atoms with Crippen LogP contribution in [0.25, 0.3) is 0 Å². The minimum absolute atomic E-state index is 0.160. The number of halogens is 1. The van der Waals surface area contributed by atoms with Gasteiger partial charge in [-0.3, -0.25) is 9.59 Å². The second-order valence-electron chi connectivity index (χ2n) is 9.76. The highest BCUT2D eigenvalue weighted by Gasteiger charge is 2.31. The molecule has 0 radical (unpaired) electrons. The molecule has 3 aromatic carbocycles. The van der Waals surface area contributed by atoms with Gasteiger partial charge in [-0.05, 0) is 64.0 Å². The van der Waals surface area contributed by atoms with E-state index in [9.17, 15) is 9.59 Å². The van der Waals surface area contributed by atoms with Crippen LogP contribution in [0.4, 0.5) is 0 Å². The number of benzene rings is 3. The van der Waals surface area contributed by atoms with Gasteiger partial charge in [0.05, 0.1) is 4.47 Å². The Labute approximate surface area is 229 Å². The molecule has 3 rings (SSSR count). The van der Waals surface area contributed by atoms with Gasteiger partial charge in [-0.2, -0.15) is 0 Å². The van der Waals surface area contributed by atoms with Gasteiger partial charge in [-0.25, -0.2) is 0 Å². The van der Waals surface area contributed by atoms with Gasteiger partial charge in [-0.15, -0.1) is 0 Å². The van der Waals surface area contributed by atoms with E-state index in [1.165, 1.54) is 5.56 Å². The number of rotatable bonds is 12. The third-order valence-corrected chi connectivity index (χ3v) is 6.77. The molecule has 0 fully saturated rings. The van der Waals surface area contributed by atoms with Crippen LogP contribution in [0.1, 0.15) is 43.0 Å². The lowest BCUT2D eigenvalue weighted by molar-refractivity contribution is -0.142. The topological polar surface area (TPSA) is 58.6 Å². The zero-order chi connectivity index (χ0) is 26.8. The first kappa shape index (κ1) is 28.5. The van der Waals surface area contributed by atoms with E-state index >= 15 is 0 Å². The molecule has 1 atom stereocenters. The molecule has 0 aromatic heterocycles. The fourth-order valence-corrected chi connectivity index (χ4v) is 4.63. The lowest BCUT2D eigenvalue weighted by atomic mass is 10.0. The van der Waals surface area contributed by atoms with Gasteiger partial charge in [0.15, 0.2) is 6.61 Å². The van der Waals surface area contributed by atoms with Crippen molar-refractivity contribution >= 4 is 27.7 Å². The van der Waals surface area contributed by atoms with E-state index in [4.69, 9.17) is 4.74 Å². The normalized spacial score (nSPS) is 11.7. The lowest BCUT2D eigenvalue weighted by Gasteiger charge is -2.32. The number of carbonyl (C=O) groups excluding carboxylic acids is 2. The van der Waals surface area contributed by atoms with Crippen LogP contribution in [0.15, 0.2) is 77.3 Å². The van der Waals surface area contributed by atoms with E-state index in [0.717, 1.165) is 27.6 Å². The smallest absolute Gasteiger partial charge is 0.261 e. The van der Waals surface area contributed by atoms with Crippen molar-refractivity contribution in [3.05, 3.63) is 99.5 Å². The van der Waals surface area contributed by atoms with Crippen molar-refractivity contribution in [2.75, 3.05) is 13.2 Å². The van der Waals surface area contributed by atoms with Crippen LogP contribution in [0.5, 0.6) is 5.75 Å². The average molecular weight is 566 g/mol. The molecule has 0 spiro atoms. The molecule has 1 unspecified atom stereocenters. The predicted octanol–water partition coefficient (Wildman–Crippen LogP) is 6.11. The zero-order valence-corrected chi connectivity index (χ0v) is 23.8. The SMILES string of the molecule is CCc1ccc(OCC(=O)N(Cc2cccc(C)c2)C(Cc2ccccc2)C(=O)NCC(C)C)c(Br)c1. The maximum absolute atomic E-state index is 13.7. The number of aryl methyl sites for hydroxylation is 2. The molecule has 0 heterocycles. The second-order valence-corrected chi connectivity index (χ2v) is 10.6. The minimum Gasteiger partial charge on any atom is -0.483 e. The molecule has 0 saturated carbocycles. The average Bonchev–Trinajstić information content (AvgIpc) is 2.89. The van der Waals surface area contributed by atoms with Crippen LogP contribution < -0.4 is 10.1 Å². The van der Waals surface area contributed by atoms with Gasteiger partial charge < -0.3 is 15.0 Å². The van der Waals surface area contributed by atoms with Gasteiger partial charge >= 0.3 is 0 Å². The molecule has 2 amide bonds. The van der Waals surface area contributed by atoms with Crippen molar-refractivity contribution < 1.29 is 14.3 Å². The fraction of sp³-hybridized carbons (Fsp3) is 0.355. The fourth-order valence-electron chi connectivity index (χ4n) is 4.09. The summed E-state index contributed by atoms with van der Waals surface area (Å²) in [5.74, 6) is 0.500. The highest BCUT2D eigenvalue weighted by molar-refractivity contribution is 9.10. The van der Waals surface area contributed by atoms with E-state index in [1.54, 1.807) is 4.90 Å². The maximum atomic E-state index is 13.7. The van der Waals surface area contributed by atoms with Gasteiger partial charge in [0.1, 0.15) is 11.8 Å². The summed E-state index contributed by atoms with van der Waals surface area (Å²) in [6, 6.07) is 23.0. The molecule has 5 nitrogen and oxygen atoms in total. The molecule has 0 aliphatic heterocycles. The summed E-state index contributed by atoms with van der Waals surface area (Å²) in [7, 11) is 0. The summed E-state index contributed by atoms with van der Waals surface area (Å²) in [5, 5.41) is 3.05.